The number of fused-ring (bicyclic) bond motifs is 3. The Morgan fingerprint density at radius 1 is 0.536 bits per heavy atom. The van der Waals surface area contributed by atoms with Gasteiger partial charge in [0.1, 0.15) is 60.7 Å². The molecule has 14 atom stereocenters. The maximum absolute atomic E-state index is 17.4. The SMILES string of the molecule is CNC1CC(C)NC(Nc2cc3c(c(C4=CCNC[C@@H](F)C4)c2F)OC(CNC2CC(C)NC(Nc4cc5c(c(C6=CCNC[C@H](F)C6)c4F)OC(CNC4CC(C)NC(Nc6cc7c(c(C8=CCNCCC8)c6F)OC[C@H]7C)N4)C5)N2)C3)N1. The van der Waals surface area contributed by atoms with E-state index in [4.69, 9.17) is 14.2 Å². The van der Waals surface area contributed by atoms with Crippen molar-refractivity contribution in [3.63, 3.8) is 0 Å². The molecule has 0 amide bonds. The smallest absolute Gasteiger partial charge is 0.157 e. The first-order chi connectivity index (χ1) is 40.7. The van der Waals surface area contributed by atoms with Crippen molar-refractivity contribution in [2.75, 3.05) is 82.0 Å². The summed E-state index contributed by atoms with van der Waals surface area (Å²) in [6.07, 6.45) is 5.86. The van der Waals surface area contributed by atoms with Gasteiger partial charge in [-0.3, -0.25) is 42.5 Å². The number of benzene rings is 3. The molecule has 9 aliphatic heterocycles. The van der Waals surface area contributed by atoms with E-state index in [0.717, 1.165) is 54.5 Å². The first kappa shape index (κ1) is 59.2. The van der Waals surface area contributed by atoms with E-state index in [2.05, 4.69) is 114 Å². The van der Waals surface area contributed by atoms with Gasteiger partial charge in [-0.05, 0) is 101 Å². The number of anilines is 3. The van der Waals surface area contributed by atoms with E-state index in [1.165, 1.54) is 0 Å². The molecule has 0 aromatic heterocycles. The first-order valence-electron chi connectivity index (χ1n) is 30.7. The van der Waals surface area contributed by atoms with Crippen LogP contribution < -0.4 is 94.0 Å². The molecule has 3 fully saturated rings. The summed E-state index contributed by atoms with van der Waals surface area (Å²) in [4.78, 5) is 0. The van der Waals surface area contributed by atoms with Gasteiger partial charge < -0.3 is 51.4 Å². The molecule has 0 aliphatic carbocycles. The fourth-order valence-electron chi connectivity index (χ4n) is 13.7. The van der Waals surface area contributed by atoms with Crippen molar-refractivity contribution in [3.8, 4) is 17.2 Å². The van der Waals surface area contributed by atoms with E-state index in [1.807, 2.05) is 37.4 Å². The van der Waals surface area contributed by atoms with Gasteiger partial charge in [0, 0.05) is 112 Å². The van der Waals surface area contributed by atoms with Crippen molar-refractivity contribution < 1.29 is 36.2 Å². The van der Waals surface area contributed by atoms with Gasteiger partial charge in [0.05, 0.1) is 58.9 Å². The predicted octanol–water partition coefficient (Wildman–Crippen LogP) is 5.18. The van der Waals surface area contributed by atoms with E-state index >= 15 is 22.0 Å². The van der Waals surface area contributed by atoms with Crippen LogP contribution in [-0.4, -0.2) is 146 Å². The van der Waals surface area contributed by atoms with Crippen LogP contribution in [0.1, 0.15) is 112 Å². The molecule has 9 heterocycles. The number of nitrogens with one attached hydrogen (secondary N) is 15. The molecular formula is C61H86F5N15O3. The second-order valence-electron chi connectivity index (χ2n) is 24.7. The van der Waals surface area contributed by atoms with Gasteiger partial charge in [0.2, 0.25) is 0 Å². The van der Waals surface area contributed by atoms with Crippen molar-refractivity contribution in [1.29, 1.82) is 0 Å². The molecule has 23 heteroatoms. The Bertz CT molecular complexity index is 2970. The van der Waals surface area contributed by atoms with E-state index in [0.29, 0.717) is 109 Å². The van der Waals surface area contributed by atoms with Gasteiger partial charge in [-0.1, -0.05) is 25.2 Å². The maximum atomic E-state index is 17.4. The number of allylic oxidation sites excluding steroid dienone is 3. The number of ether oxygens (including phenoxy) is 3. The summed E-state index contributed by atoms with van der Waals surface area (Å²) in [5, 5.41) is 51.6. The highest BCUT2D eigenvalue weighted by atomic mass is 19.1. The van der Waals surface area contributed by atoms with Gasteiger partial charge in [-0.2, -0.15) is 0 Å². The zero-order valence-corrected chi connectivity index (χ0v) is 48.9. The topological polar surface area (TPSA) is 208 Å². The van der Waals surface area contributed by atoms with Gasteiger partial charge in [0.25, 0.3) is 0 Å². The van der Waals surface area contributed by atoms with Crippen molar-refractivity contribution >= 4 is 33.8 Å². The standard InChI is InChI=1S/C61H86F5N15O3/c1-30-29-82-58-43(30)24-46(55(66)50(58)34-7-6-11-68-12-8-34)78-61-75-33(4)17-49(81-61)72-28-42-21-38-23-45(54(65)52(57(38)84-42)36-10-14-70-26-40(63)19-36)77-60-74-32(3)16-48(80-60)71-27-41-20-37-22-44(76-59-73-31(2)15-47(67-5)79-59)53(64)51(56(37)83-41)35-9-13-69-25-39(62)18-35/h8-10,22-24,30-33,39-42,47-49,59-61,67-81H,6-7,11-21,25-29H2,1-5H3/t30-,31?,32?,33?,39+,40-,41?,42?,47?,48?,49?,59?,60?,61?/m1/s1. The van der Waals surface area contributed by atoms with Crippen LogP contribution in [0.25, 0.3) is 16.7 Å². The molecule has 3 aromatic rings. The Balaban J connectivity index is 0.716. The molecule has 0 spiro atoms. The summed E-state index contributed by atoms with van der Waals surface area (Å²) >= 11 is 0. The molecule has 84 heavy (non-hydrogen) atoms. The lowest BCUT2D eigenvalue weighted by Crippen LogP contribution is -2.65. The highest BCUT2D eigenvalue weighted by Crippen LogP contribution is 2.47. The van der Waals surface area contributed by atoms with Crippen molar-refractivity contribution in [2.24, 2.45) is 0 Å². The molecule has 9 aliphatic rings. The van der Waals surface area contributed by atoms with Crippen LogP contribution >= 0.6 is 0 Å². The lowest BCUT2D eigenvalue weighted by Gasteiger charge is -2.38. The number of rotatable bonds is 16. The number of hydrogen-bond acceptors (Lipinski definition) is 18. The van der Waals surface area contributed by atoms with Gasteiger partial charge >= 0.3 is 0 Å². The second kappa shape index (κ2) is 26.1. The summed E-state index contributed by atoms with van der Waals surface area (Å²) < 4.78 is 101. The monoisotopic (exact) mass is 1170 g/mol. The zero-order valence-electron chi connectivity index (χ0n) is 48.9. The minimum absolute atomic E-state index is 0.00136. The zero-order chi connectivity index (χ0) is 58.2. The predicted molar refractivity (Wildman–Crippen MR) is 320 cm³/mol. The fraction of sp³-hybridized carbons (Fsp3) is 0.607. The third-order valence-corrected chi connectivity index (χ3v) is 17.8. The normalized spacial score (nSPS) is 32.4. The molecular weight excluding hydrogens is 1090 g/mol. The van der Waals surface area contributed by atoms with E-state index in [-0.39, 0.29) is 97.7 Å². The summed E-state index contributed by atoms with van der Waals surface area (Å²) in [7, 11) is 1.89. The average Bonchev–Trinajstić information content (AvgIpc) is 2.08. The average molecular weight is 1170 g/mol. The number of alkyl halides is 2. The minimum atomic E-state index is -1.21. The van der Waals surface area contributed by atoms with Crippen LogP contribution in [-0.2, 0) is 12.8 Å². The molecule has 18 nitrogen and oxygen atoms in total. The molecule has 3 saturated heterocycles. The van der Waals surface area contributed by atoms with Crippen molar-refractivity contribution in [3.05, 3.63) is 87.3 Å². The van der Waals surface area contributed by atoms with Crippen molar-refractivity contribution in [2.45, 2.75) is 171 Å². The van der Waals surface area contributed by atoms with Gasteiger partial charge in [-0.25, -0.2) is 22.0 Å². The van der Waals surface area contributed by atoms with Crippen LogP contribution in [0.4, 0.5) is 39.0 Å². The molecule has 0 saturated carbocycles. The van der Waals surface area contributed by atoms with Crippen molar-refractivity contribution in [1.82, 2.24) is 63.8 Å². The molecule has 3 aromatic carbocycles. The maximum Gasteiger partial charge on any atom is 0.157 e. The quantitative estimate of drug-likeness (QED) is 0.0835. The number of hydrogen-bond donors (Lipinski definition) is 15. The van der Waals surface area contributed by atoms with E-state index in [9.17, 15) is 0 Å². The third-order valence-electron chi connectivity index (χ3n) is 17.8. The minimum Gasteiger partial charge on any atom is -0.492 e. The molecule has 12 rings (SSSR count). The Morgan fingerprint density at radius 2 is 0.988 bits per heavy atom. The summed E-state index contributed by atoms with van der Waals surface area (Å²) in [6, 6.07) is 5.76. The fourth-order valence-corrected chi connectivity index (χ4v) is 13.7. The molecule has 458 valence electrons. The molecule has 15 N–H and O–H groups in total. The van der Waals surface area contributed by atoms with Crippen LogP contribution in [0, 0.1) is 17.5 Å². The lowest BCUT2D eigenvalue weighted by molar-refractivity contribution is 0.188. The Kier molecular flexibility index (Phi) is 18.4. The highest BCUT2D eigenvalue weighted by molar-refractivity contribution is 5.80. The van der Waals surface area contributed by atoms with E-state index in [1.54, 1.807) is 0 Å². The second-order valence-corrected chi connectivity index (χ2v) is 24.7. The molecule has 0 bridgehead atoms. The Labute approximate surface area is 490 Å². The van der Waals surface area contributed by atoms with Gasteiger partial charge in [-0.15, -0.1) is 0 Å². The first-order valence-corrected chi connectivity index (χ1v) is 30.7. The largest absolute Gasteiger partial charge is 0.492 e. The lowest BCUT2D eigenvalue weighted by atomic mass is 9.93. The Hall–Kier alpha value is -5.15. The van der Waals surface area contributed by atoms with Crippen LogP contribution in [0.2, 0.25) is 0 Å². The third kappa shape index (κ3) is 13.2. The Morgan fingerprint density at radius 3 is 1.50 bits per heavy atom. The highest BCUT2D eigenvalue weighted by Gasteiger charge is 2.38. The van der Waals surface area contributed by atoms with Crippen LogP contribution in [0.5, 0.6) is 17.2 Å². The van der Waals surface area contributed by atoms with E-state index < -0.39 is 42.8 Å². The van der Waals surface area contributed by atoms with Crippen LogP contribution in [0.3, 0.4) is 0 Å². The number of halogens is 5. The molecule has 11 unspecified atom stereocenters. The molecule has 0 radical (unpaired) electrons. The summed E-state index contributed by atoms with van der Waals surface area (Å²) in [5.74, 6) is 0.316. The summed E-state index contributed by atoms with van der Waals surface area (Å²) in [5.41, 5.74) is 6.81. The van der Waals surface area contributed by atoms with Crippen LogP contribution in [0.15, 0.2) is 36.4 Å². The van der Waals surface area contributed by atoms with Gasteiger partial charge in [0.15, 0.2) is 17.5 Å². The summed E-state index contributed by atoms with van der Waals surface area (Å²) in [6.45, 7) is 12.4.